The summed E-state index contributed by atoms with van der Waals surface area (Å²) in [5, 5.41) is 3.56. The van der Waals surface area contributed by atoms with Gasteiger partial charge in [-0.1, -0.05) is 23.2 Å². The zero-order valence-corrected chi connectivity index (χ0v) is 16.1. The molecular formula is C17H18Cl2N2O4S. The Labute approximate surface area is 162 Å². The Morgan fingerprint density at radius 3 is 2.73 bits per heavy atom. The average Bonchev–Trinajstić information content (AvgIpc) is 3.19. The first-order valence-electron chi connectivity index (χ1n) is 8.04. The normalized spacial score (nSPS) is 19.0. The van der Waals surface area contributed by atoms with Crippen LogP contribution in [0.25, 0.3) is 0 Å². The van der Waals surface area contributed by atoms with Crippen molar-refractivity contribution < 1.29 is 17.6 Å². The van der Waals surface area contributed by atoms with Crippen LogP contribution in [0.3, 0.4) is 0 Å². The van der Waals surface area contributed by atoms with Crippen LogP contribution in [0.15, 0.2) is 41.0 Å². The molecule has 0 spiro atoms. The van der Waals surface area contributed by atoms with Gasteiger partial charge in [-0.25, -0.2) is 8.42 Å². The summed E-state index contributed by atoms with van der Waals surface area (Å²) in [7, 11) is -3.07. The van der Waals surface area contributed by atoms with Crippen molar-refractivity contribution in [2.45, 2.75) is 19.0 Å². The Kier molecular flexibility index (Phi) is 5.92. The molecule has 1 atom stereocenters. The number of sulfone groups is 1. The topological polar surface area (TPSA) is 79.6 Å². The predicted molar refractivity (Wildman–Crippen MR) is 101 cm³/mol. The van der Waals surface area contributed by atoms with Crippen molar-refractivity contribution in [2.24, 2.45) is 0 Å². The number of nitrogens with one attached hydrogen (secondary N) is 1. The fourth-order valence-electron chi connectivity index (χ4n) is 2.95. The van der Waals surface area contributed by atoms with E-state index in [9.17, 15) is 13.2 Å². The maximum absolute atomic E-state index is 12.5. The first-order valence-corrected chi connectivity index (χ1v) is 10.6. The van der Waals surface area contributed by atoms with Crippen molar-refractivity contribution in [3.8, 4) is 0 Å². The number of halogens is 2. The quantitative estimate of drug-likeness (QED) is 0.781. The highest BCUT2D eigenvalue weighted by Gasteiger charge is 2.33. The Morgan fingerprint density at radius 2 is 2.12 bits per heavy atom. The molecule has 0 unspecified atom stereocenters. The highest BCUT2D eigenvalue weighted by Crippen LogP contribution is 2.26. The van der Waals surface area contributed by atoms with Gasteiger partial charge in [-0.3, -0.25) is 9.69 Å². The molecule has 2 heterocycles. The minimum atomic E-state index is -3.07. The van der Waals surface area contributed by atoms with Crippen molar-refractivity contribution >= 4 is 44.6 Å². The number of carbonyl (C=O) groups excluding carboxylic acids is 1. The number of hydrogen-bond donors (Lipinski definition) is 1. The van der Waals surface area contributed by atoms with E-state index in [1.807, 2.05) is 4.90 Å². The molecule has 0 aliphatic carbocycles. The van der Waals surface area contributed by atoms with E-state index in [0.717, 1.165) is 0 Å². The highest BCUT2D eigenvalue weighted by molar-refractivity contribution is 7.91. The molecule has 1 amide bonds. The Morgan fingerprint density at radius 1 is 1.31 bits per heavy atom. The number of furan rings is 1. The molecule has 9 heteroatoms. The molecule has 0 radical (unpaired) electrons. The number of hydrogen-bond acceptors (Lipinski definition) is 5. The second-order valence-corrected chi connectivity index (χ2v) is 9.29. The molecule has 1 aromatic carbocycles. The van der Waals surface area contributed by atoms with Gasteiger partial charge in [0.05, 0.1) is 41.6 Å². The number of nitrogens with zero attached hydrogens (tertiary/aromatic N) is 1. The van der Waals surface area contributed by atoms with Gasteiger partial charge in [0.25, 0.3) is 0 Å². The van der Waals surface area contributed by atoms with E-state index in [0.29, 0.717) is 34.5 Å². The molecule has 6 nitrogen and oxygen atoms in total. The number of carbonyl (C=O) groups is 1. The van der Waals surface area contributed by atoms with Gasteiger partial charge in [-0.15, -0.1) is 0 Å². The number of amides is 1. The first-order chi connectivity index (χ1) is 12.3. The van der Waals surface area contributed by atoms with Crippen LogP contribution in [-0.4, -0.2) is 43.3 Å². The fraction of sp³-hybridized carbons (Fsp3) is 0.353. The standard InChI is InChI=1S/C17H18Cl2N2O4S/c18-12-3-4-16(15(19)8-12)20-17(22)10-21(9-14-2-1-6-25-14)13-5-7-26(23,24)11-13/h1-4,6,8,13H,5,7,9-11H2,(H,20,22)/t13-/m0/s1. The molecule has 1 saturated heterocycles. The van der Waals surface area contributed by atoms with Gasteiger partial charge >= 0.3 is 0 Å². The summed E-state index contributed by atoms with van der Waals surface area (Å²) in [5.74, 6) is 0.566. The van der Waals surface area contributed by atoms with Crippen molar-refractivity contribution in [2.75, 3.05) is 23.4 Å². The summed E-state index contributed by atoms with van der Waals surface area (Å²) in [6.07, 6.45) is 2.05. The largest absolute Gasteiger partial charge is 0.468 e. The third-order valence-corrected chi connectivity index (χ3v) is 6.51. The summed E-state index contributed by atoms with van der Waals surface area (Å²) in [4.78, 5) is 14.3. The molecule has 1 aromatic heterocycles. The average molecular weight is 417 g/mol. The van der Waals surface area contributed by atoms with Crippen molar-refractivity contribution in [3.05, 3.63) is 52.4 Å². The Balaban J connectivity index is 1.71. The molecule has 1 fully saturated rings. The predicted octanol–water partition coefficient (Wildman–Crippen LogP) is 3.21. The summed E-state index contributed by atoms with van der Waals surface area (Å²) in [5.41, 5.74) is 0.457. The van der Waals surface area contributed by atoms with Gasteiger partial charge in [0, 0.05) is 11.1 Å². The lowest BCUT2D eigenvalue weighted by Gasteiger charge is -2.26. The third-order valence-electron chi connectivity index (χ3n) is 4.22. The second kappa shape index (κ2) is 8.00. The zero-order chi connectivity index (χ0) is 18.7. The van der Waals surface area contributed by atoms with Gasteiger partial charge < -0.3 is 9.73 Å². The molecule has 0 saturated carbocycles. The molecule has 1 N–H and O–H groups in total. The number of anilines is 1. The molecule has 1 aliphatic rings. The Hall–Kier alpha value is -1.54. The monoisotopic (exact) mass is 416 g/mol. The molecule has 2 aromatic rings. The van der Waals surface area contributed by atoms with Crippen LogP contribution in [0.2, 0.25) is 10.0 Å². The molecule has 26 heavy (non-hydrogen) atoms. The van der Waals surface area contributed by atoms with Crippen LogP contribution in [0.5, 0.6) is 0 Å². The highest BCUT2D eigenvalue weighted by atomic mass is 35.5. The fourth-order valence-corrected chi connectivity index (χ4v) is 5.16. The van der Waals surface area contributed by atoms with E-state index >= 15 is 0 Å². The maximum Gasteiger partial charge on any atom is 0.238 e. The van der Waals surface area contributed by atoms with Crippen molar-refractivity contribution in [1.29, 1.82) is 0 Å². The van der Waals surface area contributed by atoms with Crippen molar-refractivity contribution in [1.82, 2.24) is 4.90 Å². The van der Waals surface area contributed by atoms with E-state index in [1.165, 1.54) is 0 Å². The number of benzene rings is 1. The van der Waals surface area contributed by atoms with Gasteiger partial charge in [-0.2, -0.15) is 0 Å². The van der Waals surface area contributed by atoms with Gasteiger partial charge in [0.1, 0.15) is 5.76 Å². The Bertz CT molecular complexity index is 884. The SMILES string of the molecule is O=C(CN(Cc1ccco1)[C@H]1CCS(=O)(=O)C1)Nc1ccc(Cl)cc1Cl. The molecule has 3 rings (SSSR count). The third kappa shape index (κ3) is 5.01. The van der Waals surface area contributed by atoms with Crippen LogP contribution in [0.4, 0.5) is 5.69 Å². The van der Waals surface area contributed by atoms with Crippen molar-refractivity contribution in [3.63, 3.8) is 0 Å². The van der Waals surface area contributed by atoms with Gasteiger partial charge in [0.15, 0.2) is 9.84 Å². The minimum absolute atomic E-state index is 0.0276. The first kappa shape index (κ1) is 19.2. The van der Waals surface area contributed by atoms with Gasteiger partial charge in [0.2, 0.25) is 5.91 Å². The lowest BCUT2D eigenvalue weighted by molar-refractivity contribution is -0.118. The molecule has 140 valence electrons. The summed E-state index contributed by atoms with van der Waals surface area (Å²) in [6, 6.07) is 8.13. The summed E-state index contributed by atoms with van der Waals surface area (Å²) in [6.45, 7) is 0.384. The van der Waals surface area contributed by atoms with E-state index < -0.39 is 9.84 Å². The molecule has 1 aliphatic heterocycles. The van der Waals surface area contributed by atoms with E-state index in [-0.39, 0.29) is 30.0 Å². The zero-order valence-electron chi connectivity index (χ0n) is 13.8. The van der Waals surface area contributed by atoms with Crippen LogP contribution >= 0.6 is 23.2 Å². The van der Waals surface area contributed by atoms with Crippen LogP contribution in [0, 0.1) is 0 Å². The van der Waals surface area contributed by atoms with E-state index in [2.05, 4.69) is 5.32 Å². The molecule has 0 bridgehead atoms. The van der Waals surface area contributed by atoms with E-state index in [1.54, 1.807) is 36.6 Å². The molecular weight excluding hydrogens is 399 g/mol. The van der Waals surface area contributed by atoms with Gasteiger partial charge in [-0.05, 0) is 36.8 Å². The van der Waals surface area contributed by atoms with Crippen LogP contribution in [0.1, 0.15) is 12.2 Å². The minimum Gasteiger partial charge on any atom is -0.468 e. The summed E-state index contributed by atoms with van der Waals surface area (Å²) < 4.78 is 29.0. The van der Waals surface area contributed by atoms with Crippen LogP contribution < -0.4 is 5.32 Å². The van der Waals surface area contributed by atoms with E-state index in [4.69, 9.17) is 27.6 Å². The lowest BCUT2D eigenvalue weighted by Crippen LogP contribution is -2.41. The van der Waals surface area contributed by atoms with Crippen LogP contribution in [-0.2, 0) is 21.2 Å². The smallest absolute Gasteiger partial charge is 0.238 e. The summed E-state index contributed by atoms with van der Waals surface area (Å²) >= 11 is 11.9. The number of rotatable bonds is 6. The lowest BCUT2D eigenvalue weighted by atomic mass is 10.2. The maximum atomic E-state index is 12.5. The second-order valence-electron chi connectivity index (χ2n) is 6.21.